The molecule has 3 amide bonds. The highest BCUT2D eigenvalue weighted by Crippen LogP contribution is 2.38. The van der Waals surface area contributed by atoms with Crippen LogP contribution in [0.3, 0.4) is 0 Å². The van der Waals surface area contributed by atoms with Crippen LogP contribution < -0.4 is 30.2 Å². The Morgan fingerprint density at radius 1 is 1.19 bits per heavy atom. The van der Waals surface area contributed by atoms with Crippen LogP contribution in [-0.2, 0) is 4.79 Å². The van der Waals surface area contributed by atoms with E-state index in [1.807, 2.05) is 0 Å². The molecule has 9 nitrogen and oxygen atoms in total. The van der Waals surface area contributed by atoms with Gasteiger partial charge in [-0.3, -0.25) is 4.79 Å². The van der Waals surface area contributed by atoms with E-state index in [2.05, 4.69) is 22.5 Å². The van der Waals surface area contributed by atoms with E-state index < -0.39 is 23.9 Å². The van der Waals surface area contributed by atoms with E-state index in [1.165, 1.54) is 26.4 Å². The lowest BCUT2D eigenvalue weighted by atomic mass is 9.88. The summed E-state index contributed by atoms with van der Waals surface area (Å²) in [4.78, 5) is 25.5. The molecule has 0 aromatic heterocycles. The minimum absolute atomic E-state index is 0.0475. The number of urea groups is 1. The Kier molecular flexibility index (Phi) is 6.99. The molecule has 1 saturated heterocycles. The smallest absolute Gasteiger partial charge is 0.319 e. The molecule has 2 aromatic carbocycles. The van der Waals surface area contributed by atoms with Crippen LogP contribution in [0.25, 0.3) is 0 Å². The van der Waals surface area contributed by atoms with Crippen LogP contribution in [0.15, 0.2) is 42.6 Å². The molecule has 0 unspecified atom stereocenters. The van der Waals surface area contributed by atoms with Crippen molar-refractivity contribution >= 4 is 29.2 Å². The van der Waals surface area contributed by atoms with Gasteiger partial charge in [0.2, 0.25) is 5.91 Å². The number of hydrogen-bond acceptors (Lipinski definition) is 6. The summed E-state index contributed by atoms with van der Waals surface area (Å²) >= 11 is 6.14. The van der Waals surface area contributed by atoms with Gasteiger partial charge < -0.3 is 35.3 Å². The van der Waals surface area contributed by atoms with E-state index in [0.29, 0.717) is 34.4 Å². The zero-order valence-electron chi connectivity index (χ0n) is 17.8. The fraction of sp³-hybridized carbons (Fsp3) is 0.273. The van der Waals surface area contributed by atoms with Gasteiger partial charge >= 0.3 is 6.03 Å². The number of benzene rings is 2. The summed E-state index contributed by atoms with van der Waals surface area (Å²) in [7, 11) is 2.90. The van der Waals surface area contributed by atoms with Gasteiger partial charge in [0.25, 0.3) is 0 Å². The number of ether oxygens (including phenoxy) is 3. The van der Waals surface area contributed by atoms with Gasteiger partial charge in [-0.25, -0.2) is 4.79 Å². The molecule has 32 heavy (non-hydrogen) atoms. The minimum Gasteiger partial charge on any atom is -0.504 e. The molecule has 1 heterocycles. The Labute approximate surface area is 190 Å². The molecule has 0 bridgehead atoms. The second-order valence-corrected chi connectivity index (χ2v) is 7.32. The van der Waals surface area contributed by atoms with Crippen LogP contribution >= 0.6 is 11.6 Å². The van der Waals surface area contributed by atoms with E-state index >= 15 is 0 Å². The predicted molar refractivity (Wildman–Crippen MR) is 119 cm³/mol. The average Bonchev–Trinajstić information content (AvgIpc) is 2.75. The Morgan fingerprint density at radius 2 is 1.91 bits per heavy atom. The third-order valence-electron chi connectivity index (χ3n) is 4.93. The van der Waals surface area contributed by atoms with Crippen LogP contribution in [0.4, 0.5) is 10.5 Å². The number of nitrogens with one attached hydrogen (secondary N) is 3. The summed E-state index contributed by atoms with van der Waals surface area (Å²) < 4.78 is 16.0. The monoisotopic (exact) mass is 461 g/mol. The number of amides is 3. The zero-order valence-corrected chi connectivity index (χ0v) is 18.6. The molecule has 10 heteroatoms. The lowest BCUT2D eigenvalue weighted by Crippen LogP contribution is -2.51. The number of phenolic OH excluding ortho intramolecular Hbond substituents is 1. The Balaban J connectivity index is 1.97. The molecule has 0 saturated carbocycles. The van der Waals surface area contributed by atoms with Gasteiger partial charge in [0, 0.05) is 17.8 Å². The van der Waals surface area contributed by atoms with Crippen molar-refractivity contribution in [2.45, 2.75) is 13.0 Å². The summed E-state index contributed by atoms with van der Waals surface area (Å²) in [6, 6.07) is 6.43. The second kappa shape index (κ2) is 9.69. The highest BCUT2D eigenvalue weighted by Gasteiger charge is 2.38. The number of carbonyl (C=O) groups is 2. The van der Waals surface area contributed by atoms with E-state index in [1.54, 1.807) is 25.1 Å². The fourth-order valence-corrected chi connectivity index (χ4v) is 3.67. The topological polar surface area (TPSA) is 118 Å². The molecule has 0 radical (unpaired) electrons. The van der Waals surface area contributed by atoms with Crippen molar-refractivity contribution in [3.63, 3.8) is 0 Å². The molecule has 170 valence electrons. The van der Waals surface area contributed by atoms with Gasteiger partial charge in [0.05, 0.1) is 37.6 Å². The molecule has 4 N–H and O–H groups in total. The Bertz CT molecular complexity index is 1060. The maximum atomic E-state index is 13.3. The van der Waals surface area contributed by atoms with Crippen LogP contribution in [0.2, 0.25) is 5.02 Å². The van der Waals surface area contributed by atoms with Crippen LogP contribution in [-0.4, -0.2) is 37.9 Å². The van der Waals surface area contributed by atoms with Gasteiger partial charge in [-0.1, -0.05) is 24.2 Å². The minimum atomic E-state index is -0.891. The largest absolute Gasteiger partial charge is 0.504 e. The lowest BCUT2D eigenvalue weighted by molar-refractivity contribution is -0.119. The number of aromatic hydroxyl groups is 1. The van der Waals surface area contributed by atoms with Crippen molar-refractivity contribution in [2.24, 2.45) is 5.92 Å². The normalized spacial score (nSPS) is 17.8. The van der Waals surface area contributed by atoms with E-state index in [4.69, 9.17) is 25.8 Å². The van der Waals surface area contributed by atoms with E-state index in [0.717, 1.165) is 0 Å². The molecule has 3 rings (SSSR count). The van der Waals surface area contributed by atoms with Gasteiger partial charge in [-0.15, -0.1) is 0 Å². The highest BCUT2D eigenvalue weighted by atomic mass is 35.5. The van der Waals surface area contributed by atoms with Crippen molar-refractivity contribution in [3.8, 4) is 23.0 Å². The van der Waals surface area contributed by atoms with Gasteiger partial charge in [-0.2, -0.15) is 0 Å². The molecule has 2 atom stereocenters. The summed E-state index contributed by atoms with van der Waals surface area (Å²) in [5.41, 5.74) is 1.10. The first-order valence-electron chi connectivity index (χ1n) is 9.73. The first-order chi connectivity index (χ1) is 15.3. The predicted octanol–water partition coefficient (Wildman–Crippen LogP) is 3.58. The highest BCUT2D eigenvalue weighted by molar-refractivity contribution is 6.32. The summed E-state index contributed by atoms with van der Waals surface area (Å²) in [5.74, 6) is -0.463. The molecule has 1 aliphatic rings. The van der Waals surface area contributed by atoms with E-state index in [9.17, 15) is 14.7 Å². The van der Waals surface area contributed by atoms with Gasteiger partial charge in [-0.05, 0) is 24.6 Å². The number of methoxy groups -OCH3 is 2. The quantitative estimate of drug-likeness (QED) is 0.500. The molecule has 2 aromatic rings. The Hall–Kier alpha value is -3.59. The number of anilines is 1. The van der Waals surface area contributed by atoms with Gasteiger partial charge in [0.1, 0.15) is 17.4 Å². The van der Waals surface area contributed by atoms with Crippen molar-refractivity contribution in [2.75, 3.05) is 26.1 Å². The number of halogens is 1. The lowest BCUT2D eigenvalue weighted by Gasteiger charge is -2.34. The third kappa shape index (κ3) is 4.67. The summed E-state index contributed by atoms with van der Waals surface area (Å²) in [6.07, 6.45) is 0. The molecule has 0 aliphatic carbocycles. The number of hydrogen-bond donors (Lipinski definition) is 4. The fourth-order valence-electron chi connectivity index (χ4n) is 3.43. The van der Waals surface area contributed by atoms with Crippen molar-refractivity contribution in [3.05, 3.63) is 53.2 Å². The third-order valence-corrected chi connectivity index (χ3v) is 5.22. The second-order valence-electron chi connectivity index (χ2n) is 6.92. The molecule has 1 fully saturated rings. The summed E-state index contributed by atoms with van der Waals surface area (Å²) in [5, 5.41) is 18.4. The van der Waals surface area contributed by atoms with Gasteiger partial charge in [0.15, 0.2) is 11.5 Å². The van der Waals surface area contributed by atoms with Crippen LogP contribution in [0.1, 0.15) is 18.5 Å². The maximum Gasteiger partial charge on any atom is 0.319 e. The molecule has 1 aliphatic heterocycles. The SMILES string of the molecule is C=C1NC(=O)N[C@H](c2ccc(O)c(OCC)c2)[C@@H]1C(=O)Nc1cc(OC)c(Cl)cc1OC. The molecular formula is C22H24ClN3O6. The van der Waals surface area contributed by atoms with Crippen LogP contribution in [0.5, 0.6) is 23.0 Å². The first kappa shape index (κ1) is 23.1. The first-order valence-corrected chi connectivity index (χ1v) is 10.1. The summed E-state index contributed by atoms with van der Waals surface area (Å²) in [6.45, 7) is 5.98. The Morgan fingerprint density at radius 3 is 2.56 bits per heavy atom. The number of phenols is 1. The standard InChI is InChI=1S/C22H24ClN3O6/c1-5-32-18-8-12(6-7-15(18)27)20-19(11(2)24-22(29)26-20)21(28)25-14-10-16(30-3)13(23)9-17(14)31-4/h6-10,19-20,27H,2,5H2,1,3-4H3,(H,25,28)(H2,24,26,29)/t19-,20-/m1/s1. The molecular weight excluding hydrogens is 438 g/mol. The molecule has 0 spiro atoms. The maximum absolute atomic E-state index is 13.3. The van der Waals surface area contributed by atoms with Crippen molar-refractivity contribution in [1.82, 2.24) is 10.6 Å². The number of rotatable bonds is 7. The average molecular weight is 462 g/mol. The van der Waals surface area contributed by atoms with Crippen molar-refractivity contribution < 1.29 is 28.9 Å². The number of carbonyl (C=O) groups excluding carboxylic acids is 2. The van der Waals surface area contributed by atoms with Crippen molar-refractivity contribution in [1.29, 1.82) is 0 Å². The van der Waals surface area contributed by atoms with E-state index in [-0.39, 0.29) is 17.2 Å². The van der Waals surface area contributed by atoms with Crippen LogP contribution in [0, 0.1) is 5.92 Å². The zero-order chi connectivity index (χ0) is 23.4.